The standard InChI is InChI=1S/C11H11N3O/c1-8-7-9(2)14(13-8)11(15)10-5-3-4-6-12-10/h3-7H,1-2H3. The fraction of sp³-hybridized carbons (Fsp3) is 0.182. The van der Waals surface area contributed by atoms with E-state index in [1.807, 2.05) is 19.9 Å². The third-order valence-corrected chi connectivity index (χ3v) is 2.09. The van der Waals surface area contributed by atoms with Crippen molar-refractivity contribution in [2.75, 3.05) is 0 Å². The minimum absolute atomic E-state index is 0.193. The van der Waals surface area contributed by atoms with Crippen molar-refractivity contribution >= 4 is 5.91 Å². The lowest BCUT2D eigenvalue weighted by molar-refractivity contribution is 0.0937. The van der Waals surface area contributed by atoms with Crippen LogP contribution in [0.15, 0.2) is 30.5 Å². The third kappa shape index (κ3) is 1.79. The number of aryl methyl sites for hydroxylation is 2. The summed E-state index contributed by atoms with van der Waals surface area (Å²) in [6, 6.07) is 7.10. The van der Waals surface area contributed by atoms with E-state index in [0.717, 1.165) is 11.4 Å². The Labute approximate surface area is 87.6 Å². The summed E-state index contributed by atoms with van der Waals surface area (Å²) >= 11 is 0. The Balaban J connectivity index is 2.41. The molecule has 4 heteroatoms. The van der Waals surface area contributed by atoms with Gasteiger partial charge in [0.25, 0.3) is 5.91 Å². The first-order valence-corrected chi connectivity index (χ1v) is 4.67. The van der Waals surface area contributed by atoms with Crippen molar-refractivity contribution in [1.29, 1.82) is 0 Å². The number of rotatable bonds is 1. The van der Waals surface area contributed by atoms with Crippen LogP contribution in [-0.4, -0.2) is 20.7 Å². The molecule has 2 aromatic rings. The van der Waals surface area contributed by atoms with E-state index in [1.165, 1.54) is 4.68 Å². The second-order valence-electron chi connectivity index (χ2n) is 3.36. The Bertz CT molecular complexity index is 488. The Kier molecular flexibility index (Phi) is 2.33. The van der Waals surface area contributed by atoms with E-state index in [0.29, 0.717) is 5.69 Å². The van der Waals surface area contributed by atoms with Crippen LogP contribution in [0.4, 0.5) is 0 Å². The first-order chi connectivity index (χ1) is 7.18. The summed E-state index contributed by atoms with van der Waals surface area (Å²) in [7, 11) is 0. The van der Waals surface area contributed by atoms with Crippen molar-refractivity contribution in [1.82, 2.24) is 14.8 Å². The predicted octanol–water partition coefficient (Wildman–Crippen LogP) is 1.58. The maximum atomic E-state index is 11.9. The lowest BCUT2D eigenvalue weighted by atomic mass is 10.3. The van der Waals surface area contributed by atoms with Crippen LogP contribution in [0.5, 0.6) is 0 Å². The van der Waals surface area contributed by atoms with Gasteiger partial charge in [-0.25, -0.2) is 0 Å². The minimum Gasteiger partial charge on any atom is -0.265 e. The molecule has 0 saturated heterocycles. The smallest absolute Gasteiger partial charge is 0.265 e. The molecule has 0 aliphatic heterocycles. The maximum Gasteiger partial charge on any atom is 0.296 e. The summed E-state index contributed by atoms with van der Waals surface area (Å²) in [6.45, 7) is 3.70. The highest BCUT2D eigenvalue weighted by Crippen LogP contribution is 2.05. The van der Waals surface area contributed by atoms with Crippen LogP contribution in [0.1, 0.15) is 21.9 Å². The predicted molar refractivity (Wildman–Crippen MR) is 55.7 cm³/mol. The number of carbonyl (C=O) groups excluding carboxylic acids is 1. The van der Waals surface area contributed by atoms with Gasteiger partial charge in [0.2, 0.25) is 0 Å². The van der Waals surface area contributed by atoms with Crippen LogP contribution >= 0.6 is 0 Å². The van der Waals surface area contributed by atoms with Crippen LogP contribution in [0.3, 0.4) is 0 Å². The Morgan fingerprint density at radius 2 is 2.13 bits per heavy atom. The van der Waals surface area contributed by atoms with Crippen LogP contribution < -0.4 is 0 Å². The van der Waals surface area contributed by atoms with Crippen molar-refractivity contribution in [2.24, 2.45) is 0 Å². The van der Waals surface area contributed by atoms with Crippen LogP contribution in [0.25, 0.3) is 0 Å². The van der Waals surface area contributed by atoms with Gasteiger partial charge in [-0.05, 0) is 32.0 Å². The molecule has 4 nitrogen and oxygen atoms in total. The van der Waals surface area contributed by atoms with E-state index in [1.54, 1.807) is 24.4 Å². The molecule has 2 heterocycles. The van der Waals surface area contributed by atoms with Crippen LogP contribution in [-0.2, 0) is 0 Å². The van der Waals surface area contributed by atoms with E-state index < -0.39 is 0 Å². The van der Waals surface area contributed by atoms with E-state index in [-0.39, 0.29) is 5.91 Å². The van der Waals surface area contributed by atoms with Crippen molar-refractivity contribution in [2.45, 2.75) is 13.8 Å². The maximum absolute atomic E-state index is 11.9. The summed E-state index contributed by atoms with van der Waals surface area (Å²) in [6.07, 6.45) is 1.60. The van der Waals surface area contributed by atoms with E-state index >= 15 is 0 Å². The highest BCUT2D eigenvalue weighted by molar-refractivity contribution is 5.93. The fourth-order valence-electron chi connectivity index (χ4n) is 1.43. The molecule has 0 unspecified atom stereocenters. The van der Waals surface area contributed by atoms with Gasteiger partial charge in [-0.1, -0.05) is 6.07 Å². The lowest BCUT2D eigenvalue weighted by Gasteiger charge is -2.01. The minimum atomic E-state index is -0.193. The zero-order valence-corrected chi connectivity index (χ0v) is 8.64. The summed E-state index contributed by atoms with van der Waals surface area (Å²) < 4.78 is 1.37. The molecule has 0 aliphatic carbocycles. The van der Waals surface area contributed by atoms with Gasteiger partial charge < -0.3 is 0 Å². The van der Waals surface area contributed by atoms with Gasteiger partial charge in [-0.2, -0.15) is 9.78 Å². The third-order valence-electron chi connectivity index (χ3n) is 2.09. The summed E-state index contributed by atoms with van der Waals surface area (Å²) in [5.41, 5.74) is 2.06. The summed E-state index contributed by atoms with van der Waals surface area (Å²) in [4.78, 5) is 15.9. The van der Waals surface area contributed by atoms with Crippen molar-refractivity contribution in [3.63, 3.8) is 0 Å². The zero-order chi connectivity index (χ0) is 10.8. The number of carbonyl (C=O) groups is 1. The highest BCUT2D eigenvalue weighted by atomic mass is 16.2. The molecular weight excluding hydrogens is 190 g/mol. The number of hydrogen-bond acceptors (Lipinski definition) is 3. The molecule has 0 N–H and O–H groups in total. The largest absolute Gasteiger partial charge is 0.296 e. The highest BCUT2D eigenvalue weighted by Gasteiger charge is 2.12. The fourth-order valence-corrected chi connectivity index (χ4v) is 1.43. The average molecular weight is 201 g/mol. The molecule has 0 aromatic carbocycles. The molecule has 2 rings (SSSR count). The molecule has 0 bridgehead atoms. The quantitative estimate of drug-likeness (QED) is 0.703. The van der Waals surface area contributed by atoms with Crippen molar-refractivity contribution < 1.29 is 4.79 Å². The van der Waals surface area contributed by atoms with E-state index in [4.69, 9.17) is 0 Å². The van der Waals surface area contributed by atoms with Gasteiger partial charge in [-0.15, -0.1) is 0 Å². The normalized spacial score (nSPS) is 10.3. The van der Waals surface area contributed by atoms with Crippen molar-refractivity contribution in [3.8, 4) is 0 Å². The monoisotopic (exact) mass is 201 g/mol. The topological polar surface area (TPSA) is 47.8 Å². The molecule has 0 amide bonds. The van der Waals surface area contributed by atoms with Gasteiger partial charge >= 0.3 is 0 Å². The number of pyridine rings is 1. The lowest BCUT2D eigenvalue weighted by Crippen LogP contribution is -2.16. The second kappa shape index (κ2) is 3.65. The molecule has 0 saturated carbocycles. The molecular formula is C11H11N3O. The van der Waals surface area contributed by atoms with Gasteiger partial charge in [0.1, 0.15) is 5.69 Å². The van der Waals surface area contributed by atoms with Gasteiger partial charge in [0.05, 0.1) is 5.69 Å². The summed E-state index contributed by atoms with van der Waals surface area (Å²) in [5, 5.41) is 4.11. The Morgan fingerprint density at radius 1 is 1.33 bits per heavy atom. The molecule has 0 fully saturated rings. The molecule has 15 heavy (non-hydrogen) atoms. The SMILES string of the molecule is Cc1cc(C)n(C(=O)c2ccccn2)n1. The number of hydrogen-bond donors (Lipinski definition) is 0. The van der Waals surface area contributed by atoms with Gasteiger partial charge in [0.15, 0.2) is 0 Å². The molecule has 0 atom stereocenters. The first kappa shape index (κ1) is 9.58. The van der Waals surface area contributed by atoms with Gasteiger partial charge in [0, 0.05) is 11.9 Å². The second-order valence-corrected chi connectivity index (χ2v) is 3.36. The van der Waals surface area contributed by atoms with Crippen LogP contribution in [0.2, 0.25) is 0 Å². The average Bonchev–Trinajstić information content (AvgIpc) is 2.58. The molecule has 76 valence electrons. The summed E-state index contributed by atoms with van der Waals surface area (Å²) in [5.74, 6) is -0.193. The molecule has 0 radical (unpaired) electrons. The van der Waals surface area contributed by atoms with E-state index in [9.17, 15) is 4.79 Å². The first-order valence-electron chi connectivity index (χ1n) is 4.67. The number of aromatic nitrogens is 3. The zero-order valence-electron chi connectivity index (χ0n) is 8.64. The van der Waals surface area contributed by atoms with E-state index in [2.05, 4.69) is 10.1 Å². The van der Waals surface area contributed by atoms with Crippen LogP contribution in [0, 0.1) is 13.8 Å². The number of nitrogens with zero attached hydrogens (tertiary/aromatic N) is 3. The van der Waals surface area contributed by atoms with Crippen molar-refractivity contribution in [3.05, 3.63) is 47.5 Å². The Morgan fingerprint density at radius 3 is 2.67 bits per heavy atom. The van der Waals surface area contributed by atoms with Gasteiger partial charge in [-0.3, -0.25) is 9.78 Å². The molecule has 0 aliphatic rings. The Hall–Kier alpha value is -1.97. The molecule has 0 spiro atoms. The molecule has 2 aromatic heterocycles.